The molecule has 0 atom stereocenters. The lowest BCUT2D eigenvalue weighted by Gasteiger charge is -2.02. The molecule has 0 aliphatic heterocycles. The predicted octanol–water partition coefficient (Wildman–Crippen LogP) is 2.10. The van der Waals surface area contributed by atoms with E-state index < -0.39 is 40.9 Å². The zero-order valence-electron chi connectivity index (χ0n) is 7.44. The van der Waals surface area contributed by atoms with Crippen molar-refractivity contribution >= 4 is 43.3 Å². The first-order chi connectivity index (χ1) is 7.34. The fraction of sp³-hybridized carbons (Fsp3) is 0. The van der Waals surface area contributed by atoms with E-state index in [1.165, 1.54) is 0 Å². The van der Waals surface area contributed by atoms with Gasteiger partial charge >= 0.3 is 31.7 Å². The van der Waals surface area contributed by atoms with Crippen LogP contribution in [0.25, 0.3) is 0 Å². The standard InChI is InChI=1S/C8H4ClIO6/c9-5-2-3(7(11)12)1-4(8(13)14)6(5)10(15)16/h1-2H,(H,11,12)(H,13,14). The van der Waals surface area contributed by atoms with E-state index in [4.69, 9.17) is 21.8 Å². The first-order valence-electron chi connectivity index (χ1n) is 3.70. The number of carboxylic acids is 2. The highest BCUT2D eigenvalue weighted by Crippen LogP contribution is 2.30. The summed E-state index contributed by atoms with van der Waals surface area (Å²) < 4.78 is 21.2. The summed E-state index contributed by atoms with van der Waals surface area (Å²) in [6, 6.07) is 1.68. The van der Waals surface area contributed by atoms with E-state index in [0.717, 1.165) is 12.1 Å². The van der Waals surface area contributed by atoms with Crippen molar-refractivity contribution in [2.45, 2.75) is 0 Å². The van der Waals surface area contributed by atoms with Crippen LogP contribution >= 0.6 is 31.4 Å². The largest absolute Gasteiger partial charge is 0.478 e. The number of hydrogen-bond acceptors (Lipinski definition) is 4. The van der Waals surface area contributed by atoms with Gasteiger partial charge in [-0.3, -0.25) is 0 Å². The van der Waals surface area contributed by atoms with E-state index in [-0.39, 0.29) is 10.6 Å². The van der Waals surface area contributed by atoms with Gasteiger partial charge in [0.05, 0.1) is 16.1 Å². The normalized spacial score (nSPS) is 10.4. The molecule has 0 saturated carbocycles. The molecule has 0 unspecified atom stereocenters. The average Bonchev–Trinajstić information content (AvgIpc) is 2.15. The summed E-state index contributed by atoms with van der Waals surface area (Å²) in [5.74, 6) is -2.91. The fourth-order valence-electron chi connectivity index (χ4n) is 1.02. The highest BCUT2D eigenvalue weighted by molar-refractivity contribution is 14.2. The molecular weight excluding hydrogens is 354 g/mol. The molecule has 0 fully saturated rings. The van der Waals surface area contributed by atoms with Gasteiger partial charge in [0.15, 0.2) is 0 Å². The van der Waals surface area contributed by atoms with Crippen molar-refractivity contribution in [3.05, 3.63) is 31.9 Å². The third-order valence-corrected chi connectivity index (χ3v) is 4.32. The Hall–Kier alpha value is -1.22. The van der Waals surface area contributed by atoms with Gasteiger partial charge < -0.3 is 10.2 Å². The summed E-state index contributed by atoms with van der Waals surface area (Å²) in [6.07, 6.45) is 0. The highest BCUT2D eigenvalue weighted by atomic mass is 127. The minimum atomic E-state index is -4.09. The average molecular weight is 358 g/mol. The molecule has 0 heterocycles. The van der Waals surface area contributed by atoms with Crippen molar-refractivity contribution in [2.24, 2.45) is 0 Å². The second-order valence-corrected chi connectivity index (χ2v) is 5.37. The number of carboxylic acid groups (broad SMARTS) is 2. The van der Waals surface area contributed by atoms with Crippen LogP contribution in [0.15, 0.2) is 12.1 Å². The van der Waals surface area contributed by atoms with Gasteiger partial charge in [-0.25, -0.2) is 15.7 Å². The van der Waals surface area contributed by atoms with Gasteiger partial charge in [0.25, 0.3) is 0 Å². The van der Waals surface area contributed by atoms with Crippen LogP contribution in [-0.4, -0.2) is 22.2 Å². The molecule has 0 aromatic heterocycles. The van der Waals surface area contributed by atoms with Crippen molar-refractivity contribution in [1.29, 1.82) is 0 Å². The third kappa shape index (κ3) is 2.47. The molecular formula is C8H4ClIO6. The topological polar surface area (TPSA) is 109 Å². The van der Waals surface area contributed by atoms with Crippen LogP contribution < -0.4 is 0 Å². The van der Waals surface area contributed by atoms with Gasteiger partial charge in [-0.1, -0.05) is 11.6 Å². The van der Waals surface area contributed by atoms with Gasteiger partial charge in [-0.2, -0.15) is 0 Å². The number of carbonyl (C=O) groups is 2. The maximum absolute atomic E-state index is 10.9. The number of hydrogen-bond donors (Lipinski definition) is 2. The fourth-order valence-corrected chi connectivity index (χ4v) is 3.07. The molecule has 1 aromatic rings. The number of rotatable bonds is 3. The quantitative estimate of drug-likeness (QED) is 0.801. The number of aromatic carboxylic acids is 2. The first-order valence-corrected chi connectivity index (χ1v) is 6.92. The van der Waals surface area contributed by atoms with E-state index in [9.17, 15) is 15.7 Å². The molecule has 0 radical (unpaired) electrons. The molecule has 0 spiro atoms. The summed E-state index contributed by atoms with van der Waals surface area (Å²) in [5, 5.41) is 17.0. The van der Waals surface area contributed by atoms with Gasteiger partial charge in [0, 0.05) is 0 Å². The van der Waals surface area contributed by atoms with E-state index in [2.05, 4.69) is 0 Å². The highest BCUT2D eigenvalue weighted by Gasteiger charge is 2.21. The van der Waals surface area contributed by atoms with Crippen molar-refractivity contribution in [3.63, 3.8) is 0 Å². The summed E-state index contributed by atoms with van der Waals surface area (Å²) in [7, 11) is 0. The van der Waals surface area contributed by atoms with Gasteiger partial charge in [-0.15, -0.1) is 0 Å². The van der Waals surface area contributed by atoms with Crippen LogP contribution in [0.5, 0.6) is 0 Å². The zero-order chi connectivity index (χ0) is 12.5. The minimum Gasteiger partial charge on any atom is -0.478 e. The third-order valence-electron chi connectivity index (χ3n) is 1.66. The SMILES string of the molecule is O=C(O)c1cc(Cl)c(I(=O)=O)c(C(=O)O)c1. The summed E-state index contributed by atoms with van der Waals surface area (Å²) >= 11 is 1.44. The smallest absolute Gasteiger partial charge is 0.343 e. The number of benzene rings is 1. The Bertz CT molecular complexity index is 540. The Morgan fingerprint density at radius 1 is 1.12 bits per heavy atom. The van der Waals surface area contributed by atoms with E-state index >= 15 is 0 Å². The van der Waals surface area contributed by atoms with Crippen LogP contribution in [-0.2, 0) is 6.14 Å². The van der Waals surface area contributed by atoms with Gasteiger partial charge in [0.1, 0.15) is 3.57 Å². The molecule has 0 aliphatic rings. The molecule has 0 saturated heterocycles. The van der Waals surface area contributed by atoms with E-state index in [0.29, 0.717) is 0 Å². The monoisotopic (exact) mass is 358 g/mol. The second-order valence-electron chi connectivity index (χ2n) is 2.65. The van der Waals surface area contributed by atoms with Crippen LogP contribution in [0.4, 0.5) is 0 Å². The second kappa shape index (κ2) is 4.74. The lowest BCUT2D eigenvalue weighted by Crippen LogP contribution is -2.05. The molecule has 6 nitrogen and oxygen atoms in total. The van der Waals surface area contributed by atoms with Gasteiger partial charge in [-0.05, 0) is 12.1 Å². The number of halogens is 2. The van der Waals surface area contributed by atoms with Crippen LogP contribution in [0.3, 0.4) is 0 Å². The van der Waals surface area contributed by atoms with E-state index in [1.807, 2.05) is 0 Å². The van der Waals surface area contributed by atoms with Gasteiger partial charge in [0.2, 0.25) is 0 Å². The Labute approximate surface area is 101 Å². The molecule has 8 heteroatoms. The van der Waals surface area contributed by atoms with Crippen LogP contribution in [0, 0.1) is 3.57 Å². The first kappa shape index (κ1) is 12.8. The Morgan fingerprint density at radius 3 is 2.06 bits per heavy atom. The minimum absolute atomic E-state index is 0.371. The summed E-state index contributed by atoms with van der Waals surface area (Å²) in [5.41, 5.74) is -0.982. The molecule has 1 aromatic carbocycles. The van der Waals surface area contributed by atoms with Crippen molar-refractivity contribution in [3.8, 4) is 0 Å². The van der Waals surface area contributed by atoms with Crippen LogP contribution in [0.1, 0.15) is 20.7 Å². The molecule has 86 valence electrons. The molecule has 0 bridgehead atoms. The Morgan fingerprint density at radius 2 is 1.69 bits per heavy atom. The lowest BCUT2D eigenvalue weighted by molar-refractivity contribution is 0.0695. The molecule has 0 amide bonds. The Kier molecular flexibility index (Phi) is 3.81. The summed E-state index contributed by atoms with van der Waals surface area (Å²) in [6.45, 7) is 0. The lowest BCUT2D eigenvalue weighted by atomic mass is 10.1. The molecule has 0 aliphatic carbocycles. The molecule has 2 N–H and O–H groups in total. The maximum atomic E-state index is 10.9. The van der Waals surface area contributed by atoms with Crippen molar-refractivity contribution in [1.82, 2.24) is 0 Å². The van der Waals surface area contributed by atoms with Crippen LogP contribution in [0.2, 0.25) is 5.02 Å². The predicted molar refractivity (Wildman–Crippen MR) is 59.5 cm³/mol. The van der Waals surface area contributed by atoms with E-state index in [1.54, 1.807) is 0 Å². The summed E-state index contributed by atoms with van der Waals surface area (Å²) in [4.78, 5) is 21.4. The van der Waals surface area contributed by atoms with Crippen molar-refractivity contribution < 1.29 is 25.9 Å². The Balaban J connectivity index is 3.64. The van der Waals surface area contributed by atoms with Crippen molar-refractivity contribution in [2.75, 3.05) is 0 Å². The molecule has 16 heavy (non-hydrogen) atoms. The maximum Gasteiger partial charge on any atom is 0.343 e. The zero-order valence-corrected chi connectivity index (χ0v) is 10.4. The molecule has 1 rings (SSSR count).